The Bertz CT molecular complexity index is 847. The van der Waals surface area contributed by atoms with Gasteiger partial charge in [0.05, 0.1) is 12.8 Å². The van der Waals surface area contributed by atoms with E-state index in [1.54, 1.807) is 12.1 Å². The van der Waals surface area contributed by atoms with Gasteiger partial charge in [-0.05, 0) is 77.0 Å². The van der Waals surface area contributed by atoms with Crippen molar-refractivity contribution in [2.75, 3.05) is 13.2 Å². The molecule has 2 aromatic rings. The predicted molar refractivity (Wildman–Crippen MR) is 104 cm³/mol. The zero-order valence-corrected chi connectivity index (χ0v) is 16.3. The summed E-state index contributed by atoms with van der Waals surface area (Å²) in [7, 11) is 0. The number of hydrogen-bond acceptors (Lipinski definition) is 5. The van der Waals surface area contributed by atoms with Crippen LogP contribution in [0.5, 0.6) is 5.75 Å². The quantitative estimate of drug-likeness (QED) is 0.518. The fourth-order valence-electron chi connectivity index (χ4n) is 2.78. The number of fused-ring (bicyclic) bond motifs is 1. The number of rotatable bonds is 7. The number of nitrogens with one attached hydrogen (secondary N) is 2. The molecule has 0 aliphatic heterocycles. The lowest BCUT2D eigenvalue weighted by Crippen LogP contribution is -2.37. The molecule has 2 amide bonds. The minimum atomic E-state index is -0.445. The highest BCUT2D eigenvalue weighted by Crippen LogP contribution is 2.25. The lowest BCUT2D eigenvalue weighted by Gasteiger charge is -2.16. The second-order valence-corrected chi connectivity index (χ2v) is 6.92. The second-order valence-electron chi connectivity index (χ2n) is 6.14. The van der Waals surface area contributed by atoms with Crippen LogP contribution in [-0.2, 0) is 22.4 Å². The van der Waals surface area contributed by atoms with E-state index in [0.29, 0.717) is 16.2 Å². The maximum Gasteiger partial charge on any atom is 0.259 e. The number of halogens is 1. The van der Waals surface area contributed by atoms with Crippen LogP contribution >= 0.6 is 15.9 Å². The summed E-state index contributed by atoms with van der Waals surface area (Å²) in [6.07, 6.45) is 5.93. The molecule has 2 N–H and O–H groups in total. The number of benzene rings is 1. The monoisotopic (exact) mass is 433 g/mol. The zero-order valence-electron chi connectivity index (χ0n) is 14.7. The third kappa shape index (κ3) is 5.96. The molecule has 0 radical (unpaired) electrons. The molecule has 8 heteroatoms. The van der Waals surface area contributed by atoms with Gasteiger partial charge in [0.2, 0.25) is 0 Å². The number of aryl methyl sites for hydroxylation is 2. The summed E-state index contributed by atoms with van der Waals surface area (Å²) in [5.74, 6) is 0.343. The first-order valence-corrected chi connectivity index (χ1v) is 9.48. The Labute approximate surface area is 165 Å². The molecule has 0 unspecified atom stereocenters. The van der Waals surface area contributed by atoms with E-state index in [-0.39, 0.29) is 19.1 Å². The normalized spacial score (nSPS) is 13.2. The van der Waals surface area contributed by atoms with Crippen molar-refractivity contribution in [3.8, 4) is 5.75 Å². The SMILES string of the molecule is O=C(COc1ccc2c(c1)CCCC2)NCC(=O)N/N=C\c1ccc(Br)o1. The fraction of sp³-hybridized carbons (Fsp3) is 0.316. The largest absolute Gasteiger partial charge is 0.484 e. The van der Waals surface area contributed by atoms with Gasteiger partial charge in [0, 0.05) is 0 Å². The van der Waals surface area contributed by atoms with Gasteiger partial charge in [-0.25, -0.2) is 5.43 Å². The van der Waals surface area contributed by atoms with Gasteiger partial charge in [-0.1, -0.05) is 6.07 Å². The predicted octanol–water partition coefficient (Wildman–Crippen LogP) is 2.57. The molecule has 1 aliphatic carbocycles. The molecule has 1 aromatic carbocycles. The lowest BCUT2D eigenvalue weighted by molar-refractivity contribution is -0.127. The summed E-state index contributed by atoms with van der Waals surface area (Å²) in [4.78, 5) is 23.5. The second kappa shape index (κ2) is 9.36. The van der Waals surface area contributed by atoms with Gasteiger partial charge in [0.1, 0.15) is 11.5 Å². The number of ether oxygens (including phenoxy) is 1. The standard InChI is InChI=1S/C19H20BrN3O4/c20-17-8-7-16(27-17)10-22-23-18(24)11-21-19(25)12-26-15-6-5-13-3-1-2-4-14(13)9-15/h5-10H,1-4,11-12H2,(H,21,25)(H,23,24)/b22-10-. The molecule has 27 heavy (non-hydrogen) atoms. The van der Waals surface area contributed by atoms with E-state index >= 15 is 0 Å². The van der Waals surface area contributed by atoms with E-state index < -0.39 is 5.91 Å². The molecular weight excluding hydrogens is 414 g/mol. The van der Waals surface area contributed by atoms with Crippen LogP contribution in [-0.4, -0.2) is 31.2 Å². The number of furan rings is 1. The van der Waals surface area contributed by atoms with Gasteiger partial charge in [-0.2, -0.15) is 5.10 Å². The summed E-state index contributed by atoms with van der Waals surface area (Å²) in [6.45, 7) is -0.332. The summed E-state index contributed by atoms with van der Waals surface area (Å²) >= 11 is 3.17. The first kappa shape index (κ1) is 19.2. The van der Waals surface area contributed by atoms with Crippen LogP contribution < -0.4 is 15.5 Å². The molecule has 1 aromatic heterocycles. The third-order valence-electron chi connectivity index (χ3n) is 4.11. The van der Waals surface area contributed by atoms with Crippen LogP contribution in [0.2, 0.25) is 0 Å². The molecule has 0 spiro atoms. The summed E-state index contributed by atoms with van der Waals surface area (Å²) < 4.78 is 11.3. The summed E-state index contributed by atoms with van der Waals surface area (Å²) in [6, 6.07) is 9.35. The van der Waals surface area contributed by atoms with Crippen molar-refractivity contribution in [1.29, 1.82) is 0 Å². The number of carbonyl (C=O) groups is 2. The van der Waals surface area contributed by atoms with Gasteiger partial charge in [0.25, 0.3) is 11.8 Å². The number of amides is 2. The van der Waals surface area contributed by atoms with E-state index in [0.717, 1.165) is 12.8 Å². The molecule has 0 saturated heterocycles. The van der Waals surface area contributed by atoms with E-state index in [4.69, 9.17) is 9.15 Å². The van der Waals surface area contributed by atoms with Crippen molar-refractivity contribution >= 4 is 34.0 Å². The number of nitrogens with zero attached hydrogens (tertiary/aromatic N) is 1. The highest BCUT2D eigenvalue weighted by molar-refractivity contribution is 9.10. The first-order chi connectivity index (χ1) is 13.1. The minimum Gasteiger partial charge on any atom is -0.484 e. The van der Waals surface area contributed by atoms with E-state index in [2.05, 4.69) is 37.8 Å². The van der Waals surface area contributed by atoms with Crippen LogP contribution in [0.3, 0.4) is 0 Å². The molecule has 142 valence electrons. The molecule has 3 rings (SSSR count). The Kier molecular flexibility index (Phi) is 6.64. The minimum absolute atomic E-state index is 0.143. The lowest BCUT2D eigenvalue weighted by atomic mass is 9.92. The number of carbonyl (C=O) groups excluding carboxylic acids is 2. The zero-order chi connectivity index (χ0) is 19.1. The number of hydrazone groups is 1. The molecule has 1 aliphatic rings. The van der Waals surface area contributed by atoms with Gasteiger partial charge in [0.15, 0.2) is 11.3 Å². The van der Waals surface area contributed by atoms with Crippen molar-refractivity contribution in [3.05, 3.63) is 51.9 Å². The van der Waals surface area contributed by atoms with E-state index in [9.17, 15) is 9.59 Å². The summed E-state index contributed by atoms with van der Waals surface area (Å²) in [5, 5.41) is 6.23. The Hall–Kier alpha value is -2.61. The van der Waals surface area contributed by atoms with Gasteiger partial charge in [-0.3, -0.25) is 9.59 Å². The van der Waals surface area contributed by atoms with Crippen LogP contribution in [0.25, 0.3) is 0 Å². The molecule has 7 nitrogen and oxygen atoms in total. The average molecular weight is 434 g/mol. The van der Waals surface area contributed by atoms with Gasteiger partial charge >= 0.3 is 0 Å². The molecule has 0 saturated carbocycles. The van der Waals surface area contributed by atoms with Gasteiger partial charge in [-0.15, -0.1) is 0 Å². The van der Waals surface area contributed by atoms with Crippen LogP contribution in [0, 0.1) is 0 Å². The highest BCUT2D eigenvalue weighted by atomic mass is 79.9. The van der Waals surface area contributed by atoms with E-state index in [1.165, 1.54) is 30.2 Å². The smallest absolute Gasteiger partial charge is 0.259 e. The Morgan fingerprint density at radius 2 is 1.96 bits per heavy atom. The van der Waals surface area contributed by atoms with Crippen molar-refractivity contribution < 1.29 is 18.7 Å². The van der Waals surface area contributed by atoms with Crippen molar-refractivity contribution in [2.24, 2.45) is 5.10 Å². The maximum absolute atomic E-state index is 11.8. The Morgan fingerprint density at radius 1 is 1.15 bits per heavy atom. The highest BCUT2D eigenvalue weighted by Gasteiger charge is 2.11. The van der Waals surface area contributed by atoms with Gasteiger partial charge < -0.3 is 14.5 Å². The first-order valence-electron chi connectivity index (χ1n) is 8.69. The molecule has 0 fully saturated rings. The van der Waals surface area contributed by atoms with Crippen LogP contribution in [0.1, 0.15) is 29.7 Å². The average Bonchev–Trinajstić information content (AvgIpc) is 3.09. The Morgan fingerprint density at radius 3 is 2.74 bits per heavy atom. The third-order valence-corrected chi connectivity index (χ3v) is 4.54. The van der Waals surface area contributed by atoms with E-state index in [1.807, 2.05) is 12.1 Å². The van der Waals surface area contributed by atoms with Crippen LogP contribution in [0.4, 0.5) is 0 Å². The van der Waals surface area contributed by atoms with Crippen molar-refractivity contribution in [1.82, 2.24) is 10.7 Å². The van der Waals surface area contributed by atoms with Crippen molar-refractivity contribution in [2.45, 2.75) is 25.7 Å². The van der Waals surface area contributed by atoms with Crippen molar-refractivity contribution in [3.63, 3.8) is 0 Å². The fourth-order valence-corrected chi connectivity index (χ4v) is 3.10. The topological polar surface area (TPSA) is 92.9 Å². The molecular formula is C19H20BrN3O4. The molecule has 0 atom stereocenters. The summed E-state index contributed by atoms with van der Waals surface area (Å²) in [5.41, 5.74) is 4.95. The maximum atomic E-state index is 11.8. The molecule has 1 heterocycles. The number of hydrogen-bond donors (Lipinski definition) is 2. The van der Waals surface area contributed by atoms with Crippen LogP contribution in [0.15, 0.2) is 44.5 Å². The Balaban J connectivity index is 1.36. The molecule has 0 bridgehead atoms.